The summed E-state index contributed by atoms with van der Waals surface area (Å²) >= 11 is 5.92. The first kappa shape index (κ1) is 14.6. The van der Waals surface area contributed by atoms with Crippen molar-refractivity contribution in [2.75, 3.05) is 0 Å². The molecule has 6 nitrogen and oxygen atoms in total. The highest BCUT2D eigenvalue weighted by Crippen LogP contribution is 2.26. The molecule has 0 aromatic carbocycles. The number of imidazole rings is 1. The van der Waals surface area contributed by atoms with Gasteiger partial charge in [-0.3, -0.25) is 9.38 Å². The van der Waals surface area contributed by atoms with Crippen LogP contribution in [0.2, 0.25) is 5.28 Å². The van der Waals surface area contributed by atoms with Crippen LogP contribution < -0.4 is 4.74 Å². The van der Waals surface area contributed by atoms with E-state index in [9.17, 15) is 0 Å². The minimum atomic E-state index is 0.210. The number of aryl methyl sites for hydroxylation is 1. The van der Waals surface area contributed by atoms with Crippen LogP contribution in [0.5, 0.6) is 11.5 Å². The summed E-state index contributed by atoms with van der Waals surface area (Å²) in [6.07, 6.45) is 8.71. The summed E-state index contributed by atoms with van der Waals surface area (Å²) in [5.74, 6) is 1.36. The predicted molar refractivity (Wildman–Crippen MR) is 90.3 cm³/mol. The van der Waals surface area contributed by atoms with Gasteiger partial charge in [-0.2, -0.15) is 0 Å². The number of halogens is 1. The molecule has 0 amide bonds. The van der Waals surface area contributed by atoms with Gasteiger partial charge >= 0.3 is 0 Å². The third kappa shape index (κ3) is 2.68. The van der Waals surface area contributed by atoms with Crippen molar-refractivity contribution in [3.8, 4) is 22.9 Å². The Morgan fingerprint density at radius 2 is 2.00 bits per heavy atom. The molecule has 4 aromatic heterocycles. The molecule has 0 saturated carbocycles. The van der Waals surface area contributed by atoms with E-state index in [0.717, 1.165) is 22.6 Å². The zero-order valence-corrected chi connectivity index (χ0v) is 13.5. The first-order valence-corrected chi connectivity index (χ1v) is 7.63. The van der Waals surface area contributed by atoms with Crippen LogP contribution in [0.4, 0.5) is 0 Å². The van der Waals surface area contributed by atoms with Gasteiger partial charge in [0.15, 0.2) is 0 Å². The first-order valence-electron chi connectivity index (χ1n) is 7.25. The van der Waals surface area contributed by atoms with Gasteiger partial charge in [-0.25, -0.2) is 15.0 Å². The summed E-state index contributed by atoms with van der Waals surface area (Å²) in [7, 11) is 0. The normalized spacial score (nSPS) is 10.9. The van der Waals surface area contributed by atoms with E-state index >= 15 is 0 Å². The van der Waals surface area contributed by atoms with Crippen molar-refractivity contribution in [1.82, 2.24) is 24.3 Å². The molecule has 0 N–H and O–H groups in total. The average Bonchev–Trinajstić information content (AvgIpc) is 3.01. The minimum Gasteiger partial charge on any atom is -0.456 e. The van der Waals surface area contributed by atoms with Crippen molar-refractivity contribution in [3.63, 3.8) is 0 Å². The number of nitrogens with zero attached hydrogens (tertiary/aromatic N) is 5. The SMILES string of the molecule is Cc1cnc(Cl)nc1-c1cnc2cc(Oc3cccnc3)ccn12. The van der Waals surface area contributed by atoms with Gasteiger partial charge in [0.05, 0.1) is 23.8 Å². The third-order valence-corrected chi connectivity index (χ3v) is 3.72. The van der Waals surface area contributed by atoms with Gasteiger partial charge in [-0.1, -0.05) is 0 Å². The largest absolute Gasteiger partial charge is 0.456 e. The lowest BCUT2D eigenvalue weighted by Gasteiger charge is -2.07. The molecular formula is C17H12ClN5O. The number of hydrogen-bond donors (Lipinski definition) is 0. The Morgan fingerprint density at radius 3 is 2.83 bits per heavy atom. The van der Waals surface area contributed by atoms with Crippen LogP contribution in [0.3, 0.4) is 0 Å². The zero-order chi connectivity index (χ0) is 16.5. The summed E-state index contributed by atoms with van der Waals surface area (Å²) in [4.78, 5) is 16.8. The number of aromatic nitrogens is 5. The van der Waals surface area contributed by atoms with Gasteiger partial charge in [-0.15, -0.1) is 0 Å². The molecule has 0 aliphatic heterocycles. The van der Waals surface area contributed by atoms with Crippen molar-refractivity contribution in [2.45, 2.75) is 6.92 Å². The van der Waals surface area contributed by atoms with E-state index in [1.807, 2.05) is 41.8 Å². The maximum atomic E-state index is 5.92. The number of rotatable bonds is 3. The summed E-state index contributed by atoms with van der Waals surface area (Å²) in [6, 6.07) is 7.39. The standard InChI is InChI=1S/C17H12ClN5O/c1-11-8-21-17(18)22-16(11)14-10-20-15-7-12(4-6-23(14)15)24-13-3-2-5-19-9-13/h2-10H,1H3. The molecule has 4 rings (SSSR count). The van der Waals surface area contributed by atoms with E-state index in [0.29, 0.717) is 11.5 Å². The molecule has 0 unspecified atom stereocenters. The fourth-order valence-corrected chi connectivity index (χ4v) is 2.56. The van der Waals surface area contributed by atoms with Crippen molar-refractivity contribution in [1.29, 1.82) is 0 Å². The van der Waals surface area contributed by atoms with Crippen molar-refractivity contribution in [2.24, 2.45) is 0 Å². The summed E-state index contributed by atoms with van der Waals surface area (Å²) in [6.45, 7) is 1.94. The van der Waals surface area contributed by atoms with Gasteiger partial charge in [0, 0.05) is 24.7 Å². The van der Waals surface area contributed by atoms with Gasteiger partial charge in [0.2, 0.25) is 5.28 Å². The van der Waals surface area contributed by atoms with Gasteiger partial charge in [-0.05, 0) is 42.3 Å². The highest BCUT2D eigenvalue weighted by molar-refractivity contribution is 6.28. The summed E-state index contributed by atoms with van der Waals surface area (Å²) in [5.41, 5.74) is 3.28. The van der Waals surface area contributed by atoms with Crippen LogP contribution in [0.25, 0.3) is 17.0 Å². The van der Waals surface area contributed by atoms with Crippen LogP contribution in [0.15, 0.2) is 55.2 Å². The molecule has 24 heavy (non-hydrogen) atoms. The topological polar surface area (TPSA) is 65.2 Å². The fraction of sp³-hybridized carbons (Fsp3) is 0.0588. The highest BCUT2D eigenvalue weighted by Gasteiger charge is 2.12. The molecule has 4 heterocycles. The lowest BCUT2D eigenvalue weighted by Crippen LogP contribution is -1.95. The Balaban J connectivity index is 1.74. The van der Waals surface area contributed by atoms with Crippen molar-refractivity contribution >= 4 is 17.2 Å². The number of pyridine rings is 2. The molecule has 0 saturated heterocycles. The molecule has 0 bridgehead atoms. The Labute approximate surface area is 142 Å². The molecule has 0 aliphatic carbocycles. The minimum absolute atomic E-state index is 0.210. The van der Waals surface area contributed by atoms with E-state index in [1.165, 1.54) is 0 Å². The van der Waals surface area contributed by atoms with Crippen LogP contribution in [-0.4, -0.2) is 24.3 Å². The Kier molecular flexibility index (Phi) is 3.59. The van der Waals surface area contributed by atoms with Crippen molar-refractivity contribution in [3.05, 3.63) is 66.1 Å². The van der Waals surface area contributed by atoms with Crippen LogP contribution in [-0.2, 0) is 0 Å². The molecule has 0 radical (unpaired) electrons. The third-order valence-electron chi connectivity index (χ3n) is 3.54. The lowest BCUT2D eigenvalue weighted by atomic mass is 10.2. The van der Waals surface area contributed by atoms with E-state index in [1.54, 1.807) is 24.8 Å². The molecule has 0 spiro atoms. The number of ether oxygens (including phenoxy) is 1. The van der Waals surface area contributed by atoms with Crippen molar-refractivity contribution < 1.29 is 4.74 Å². The smallest absolute Gasteiger partial charge is 0.222 e. The van der Waals surface area contributed by atoms with Gasteiger partial charge in [0.1, 0.15) is 17.1 Å². The second-order valence-electron chi connectivity index (χ2n) is 5.20. The van der Waals surface area contributed by atoms with E-state index in [-0.39, 0.29) is 5.28 Å². The van der Waals surface area contributed by atoms with E-state index in [2.05, 4.69) is 19.9 Å². The lowest BCUT2D eigenvalue weighted by molar-refractivity contribution is 0.480. The Morgan fingerprint density at radius 1 is 1.08 bits per heavy atom. The molecule has 118 valence electrons. The molecule has 7 heteroatoms. The fourth-order valence-electron chi connectivity index (χ4n) is 2.42. The average molecular weight is 338 g/mol. The maximum absolute atomic E-state index is 5.92. The first-order chi connectivity index (χ1) is 11.7. The zero-order valence-electron chi connectivity index (χ0n) is 12.7. The Hall–Kier alpha value is -2.99. The van der Waals surface area contributed by atoms with E-state index < -0.39 is 0 Å². The van der Waals surface area contributed by atoms with Gasteiger partial charge in [0.25, 0.3) is 0 Å². The summed E-state index contributed by atoms with van der Waals surface area (Å²) < 4.78 is 7.71. The Bertz CT molecular complexity index is 1020. The van der Waals surface area contributed by atoms with Crippen LogP contribution >= 0.6 is 11.6 Å². The maximum Gasteiger partial charge on any atom is 0.222 e. The quantitative estimate of drug-likeness (QED) is 0.530. The highest BCUT2D eigenvalue weighted by atomic mass is 35.5. The molecule has 0 atom stereocenters. The van der Waals surface area contributed by atoms with Crippen LogP contribution in [0.1, 0.15) is 5.56 Å². The molecule has 0 fully saturated rings. The number of fused-ring (bicyclic) bond motifs is 1. The monoisotopic (exact) mass is 337 g/mol. The summed E-state index contributed by atoms with van der Waals surface area (Å²) in [5, 5.41) is 0.210. The van der Waals surface area contributed by atoms with Crippen LogP contribution in [0, 0.1) is 6.92 Å². The second-order valence-corrected chi connectivity index (χ2v) is 5.53. The number of hydrogen-bond acceptors (Lipinski definition) is 5. The molecule has 4 aromatic rings. The second kappa shape index (κ2) is 5.90. The molecule has 0 aliphatic rings. The predicted octanol–water partition coefficient (Wildman–Crippen LogP) is 3.94. The van der Waals surface area contributed by atoms with Gasteiger partial charge < -0.3 is 4.74 Å². The van der Waals surface area contributed by atoms with E-state index in [4.69, 9.17) is 16.3 Å². The molecular weight excluding hydrogens is 326 g/mol.